The van der Waals surface area contributed by atoms with Gasteiger partial charge in [0.1, 0.15) is 0 Å². The maximum Gasteiger partial charge on any atom is 0.252 e. The first-order chi connectivity index (χ1) is 8.26. The van der Waals surface area contributed by atoms with Crippen LogP contribution in [0.4, 0.5) is 0 Å². The molecule has 1 aliphatic rings. The summed E-state index contributed by atoms with van der Waals surface area (Å²) in [5.74, 6) is -0.0229. The van der Waals surface area contributed by atoms with E-state index >= 15 is 0 Å². The molecule has 1 aromatic rings. The highest BCUT2D eigenvalue weighted by molar-refractivity contribution is 7.10. The fourth-order valence-electron chi connectivity index (χ4n) is 2.22. The molecule has 94 valence electrons. The van der Waals surface area contributed by atoms with Gasteiger partial charge in [0, 0.05) is 10.3 Å². The fraction of sp³-hybridized carbons (Fsp3) is 0.615. The molecule has 0 aromatic carbocycles. The van der Waals surface area contributed by atoms with Gasteiger partial charge in [0.15, 0.2) is 0 Å². The lowest BCUT2D eigenvalue weighted by Crippen LogP contribution is -2.37. The second-order valence-electron chi connectivity index (χ2n) is 4.52. The summed E-state index contributed by atoms with van der Waals surface area (Å²) >= 11 is 1.70. The lowest BCUT2D eigenvalue weighted by Gasteiger charge is -2.16. The highest BCUT2D eigenvalue weighted by atomic mass is 32.1. The molecule has 0 radical (unpaired) electrons. The van der Waals surface area contributed by atoms with E-state index in [0.717, 1.165) is 24.8 Å². The van der Waals surface area contributed by atoms with E-state index in [4.69, 9.17) is 5.11 Å². The van der Waals surface area contributed by atoms with Gasteiger partial charge in [-0.2, -0.15) is 0 Å². The number of aliphatic hydroxyl groups is 1. The molecule has 1 aliphatic carbocycles. The zero-order chi connectivity index (χ0) is 12.3. The van der Waals surface area contributed by atoms with E-state index in [9.17, 15) is 4.79 Å². The Bertz CT molecular complexity index is 396. The molecule has 2 rings (SSSR count). The molecule has 0 aliphatic heterocycles. The number of aryl methyl sites for hydroxylation is 1. The van der Waals surface area contributed by atoms with Gasteiger partial charge in [-0.3, -0.25) is 4.79 Å². The maximum absolute atomic E-state index is 12.1. The Morgan fingerprint density at radius 1 is 1.53 bits per heavy atom. The van der Waals surface area contributed by atoms with Crippen LogP contribution in [0.3, 0.4) is 0 Å². The van der Waals surface area contributed by atoms with Crippen LogP contribution in [0.5, 0.6) is 0 Å². The van der Waals surface area contributed by atoms with Gasteiger partial charge in [-0.1, -0.05) is 6.92 Å². The minimum absolute atomic E-state index is 0.00850. The average Bonchev–Trinajstić information content (AvgIpc) is 2.79. The number of carbonyl (C=O) groups excluding carboxylic acids is 1. The average molecular weight is 253 g/mol. The minimum Gasteiger partial charge on any atom is -0.394 e. The Morgan fingerprint density at radius 2 is 2.29 bits per heavy atom. The Hall–Kier alpha value is -0.870. The molecule has 3 nitrogen and oxygen atoms in total. The molecule has 2 N–H and O–H groups in total. The van der Waals surface area contributed by atoms with Crippen LogP contribution in [0.2, 0.25) is 0 Å². The molecule has 0 saturated heterocycles. The molecular formula is C13H19NO2S. The number of carbonyl (C=O) groups is 1. The molecule has 1 amide bonds. The first-order valence-corrected chi connectivity index (χ1v) is 7.15. The van der Waals surface area contributed by atoms with Crippen LogP contribution < -0.4 is 5.32 Å². The quantitative estimate of drug-likeness (QED) is 0.863. The maximum atomic E-state index is 12.1. The molecule has 17 heavy (non-hydrogen) atoms. The third kappa shape index (κ3) is 2.69. The van der Waals surface area contributed by atoms with E-state index in [-0.39, 0.29) is 18.6 Å². The van der Waals surface area contributed by atoms with Crippen LogP contribution in [-0.2, 0) is 12.8 Å². The number of rotatable bonds is 4. The van der Waals surface area contributed by atoms with Crippen molar-refractivity contribution < 1.29 is 9.90 Å². The number of aliphatic hydroxyl groups excluding tert-OH is 1. The molecule has 0 bridgehead atoms. The summed E-state index contributed by atoms with van der Waals surface area (Å²) in [5.41, 5.74) is 2.07. The van der Waals surface area contributed by atoms with Crippen molar-refractivity contribution in [3.63, 3.8) is 0 Å². The lowest BCUT2D eigenvalue weighted by molar-refractivity contribution is 0.0914. The number of hydrogen-bond donors (Lipinski definition) is 2. The summed E-state index contributed by atoms with van der Waals surface area (Å²) < 4.78 is 0. The SMILES string of the molecule is CC[C@H](CO)NC(=O)c1csc2c1CCCC2. The first-order valence-electron chi connectivity index (χ1n) is 6.27. The van der Waals surface area contributed by atoms with Crippen LogP contribution in [0.15, 0.2) is 5.38 Å². The van der Waals surface area contributed by atoms with Crippen molar-refractivity contribution in [2.75, 3.05) is 6.61 Å². The second kappa shape index (κ2) is 5.65. The van der Waals surface area contributed by atoms with Crippen molar-refractivity contribution in [3.8, 4) is 0 Å². The van der Waals surface area contributed by atoms with Crippen molar-refractivity contribution in [1.82, 2.24) is 5.32 Å². The number of thiophene rings is 1. The van der Waals surface area contributed by atoms with Crippen molar-refractivity contribution in [1.29, 1.82) is 0 Å². The monoisotopic (exact) mass is 253 g/mol. The van der Waals surface area contributed by atoms with Crippen LogP contribution in [0.1, 0.15) is 47.0 Å². The van der Waals surface area contributed by atoms with Crippen molar-refractivity contribution in [3.05, 3.63) is 21.4 Å². The Kier molecular flexibility index (Phi) is 4.18. The second-order valence-corrected chi connectivity index (χ2v) is 5.48. The summed E-state index contributed by atoms with van der Waals surface area (Å²) in [6.45, 7) is 1.97. The predicted octanol–water partition coefficient (Wildman–Crippen LogP) is 2.13. The van der Waals surface area contributed by atoms with Gasteiger partial charge in [-0.25, -0.2) is 0 Å². The van der Waals surface area contributed by atoms with Gasteiger partial charge in [0.25, 0.3) is 5.91 Å². The third-order valence-electron chi connectivity index (χ3n) is 3.35. The van der Waals surface area contributed by atoms with Crippen LogP contribution >= 0.6 is 11.3 Å². The highest BCUT2D eigenvalue weighted by Crippen LogP contribution is 2.30. The van der Waals surface area contributed by atoms with E-state index in [1.807, 2.05) is 12.3 Å². The summed E-state index contributed by atoms with van der Waals surface area (Å²) in [6.07, 6.45) is 5.32. The van der Waals surface area contributed by atoms with E-state index in [1.165, 1.54) is 23.3 Å². The number of nitrogens with one attached hydrogen (secondary N) is 1. The topological polar surface area (TPSA) is 49.3 Å². The Morgan fingerprint density at radius 3 is 3.00 bits per heavy atom. The van der Waals surface area contributed by atoms with E-state index in [1.54, 1.807) is 11.3 Å². The zero-order valence-electron chi connectivity index (χ0n) is 10.2. The Labute approximate surface area is 106 Å². The number of hydrogen-bond acceptors (Lipinski definition) is 3. The van der Waals surface area contributed by atoms with Crippen molar-refractivity contribution in [2.24, 2.45) is 0 Å². The first kappa shape index (κ1) is 12.6. The summed E-state index contributed by atoms with van der Waals surface area (Å²) in [7, 11) is 0. The summed E-state index contributed by atoms with van der Waals surface area (Å²) in [5, 5.41) is 14.0. The van der Waals surface area contributed by atoms with Crippen LogP contribution in [0, 0.1) is 0 Å². The van der Waals surface area contributed by atoms with Crippen molar-refractivity contribution >= 4 is 17.2 Å². The summed E-state index contributed by atoms with van der Waals surface area (Å²) in [6, 6.07) is -0.123. The smallest absolute Gasteiger partial charge is 0.252 e. The molecule has 0 saturated carbocycles. The highest BCUT2D eigenvalue weighted by Gasteiger charge is 2.21. The van der Waals surface area contributed by atoms with E-state index in [0.29, 0.717) is 0 Å². The van der Waals surface area contributed by atoms with Gasteiger partial charge in [-0.05, 0) is 37.7 Å². The third-order valence-corrected chi connectivity index (χ3v) is 4.44. The zero-order valence-corrected chi connectivity index (χ0v) is 11.0. The molecule has 0 fully saturated rings. The largest absolute Gasteiger partial charge is 0.394 e. The number of amides is 1. The van der Waals surface area contributed by atoms with Gasteiger partial charge < -0.3 is 10.4 Å². The Balaban J connectivity index is 2.11. The minimum atomic E-state index is -0.123. The normalized spacial score (nSPS) is 16.4. The van der Waals surface area contributed by atoms with Gasteiger partial charge in [-0.15, -0.1) is 11.3 Å². The van der Waals surface area contributed by atoms with E-state index in [2.05, 4.69) is 5.32 Å². The molecule has 1 atom stereocenters. The predicted molar refractivity (Wildman–Crippen MR) is 69.6 cm³/mol. The molecule has 0 spiro atoms. The molecule has 1 heterocycles. The summed E-state index contributed by atoms with van der Waals surface area (Å²) in [4.78, 5) is 13.5. The van der Waals surface area contributed by atoms with Gasteiger partial charge in [0.2, 0.25) is 0 Å². The lowest BCUT2D eigenvalue weighted by atomic mass is 9.95. The standard InChI is InChI=1S/C13H19NO2S/c1-2-9(7-15)14-13(16)11-8-17-12-6-4-3-5-10(11)12/h8-9,15H,2-7H2,1H3,(H,14,16)/t9-/m1/s1. The molecular weight excluding hydrogens is 234 g/mol. The molecule has 4 heteroatoms. The molecule has 0 unspecified atom stereocenters. The van der Waals surface area contributed by atoms with Gasteiger partial charge >= 0.3 is 0 Å². The fourth-order valence-corrected chi connectivity index (χ4v) is 3.35. The van der Waals surface area contributed by atoms with Gasteiger partial charge in [0.05, 0.1) is 18.2 Å². The number of fused-ring (bicyclic) bond motifs is 1. The molecule has 1 aromatic heterocycles. The van der Waals surface area contributed by atoms with E-state index < -0.39 is 0 Å². The van der Waals surface area contributed by atoms with Crippen LogP contribution in [0.25, 0.3) is 0 Å². The van der Waals surface area contributed by atoms with Crippen molar-refractivity contribution in [2.45, 2.75) is 45.1 Å². The van der Waals surface area contributed by atoms with Crippen LogP contribution in [-0.4, -0.2) is 23.7 Å².